The van der Waals surface area contributed by atoms with E-state index in [-0.39, 0.29) is 0 Å². The minimum atomic E-state index is -4.25. The number of piperidine rings is 1. The molecule has 1 aliphatic rings. The van der Waals surface area contributed by atoms with Gasteiger partial charge in [0.2, 0.25) is 0 Å². The van der Waals surface area contributed by atoms with Gasteiger partial charge >= 0.3 is 6.18 Å². The van der Waals surface area contributed by atoms with Crippen LogP contribution in [0, 0.1) is 5.92 Å². The molecule has 1 fully saturated rings. The van der Waals surface area contributed by atoms with Gasteiger partial charge in [-0.1, -0.05) is 0 Å². The van der Waals surface area contributed by atoms with Crippen LogP contribution in [0.3, 0.4) is 0 Å². The first-order valence-corrected chi connectivity index (χ1v) is 4.05. The lowest BCUT2D eigenvalue weighted by Gasteiger charge is -2.29. The smallest absolute Gasteiger partial charge is 0.320 e. The lowest BCUT2D eigenvalue weighted by Crippen LogP contribution is -2.49. The maximum atomic E-state index is 12.1. The van der Waals surface area contributed by atoms with Gasteiger partial charge < -0.3 is 11.1 Å². The van der Waals surface area contributed by atoms with Crippen molar-refractivity contribution in [2.75, 3.05) is 13.1 Å². The molecule has 2 atom stereocenters. The van der Waals surface area contributed by atoms with E-state index in [2.05, 4.69) is 5.32 Å². The van der Waals surface area contributed by atoms with E-state index in [1.165, 1.54) is 0 Å². The molecule has 1 rings (SSSR count). The zero-order valence-electron chi connectivity index (χ0n) is 6.69. The molecule has 0 amide bonds. The third-order valence-corrected chi connectivity index (χ3v) is 2.22. The average Bonchev–Trinajstić information content (AvgIpc) is 2.03. The van der Waals surface area contributed by atoms with E-state index in [0.717, 1.165) is 13.0 Å². The van der Waals surface area contributed by atoms with E-state index in [9.17, 15) is 13.2 Å². The summed E-state index contributed by atoms with van der Waals surface area (Å²) >= 11 is 0. The fourth-order valence-corrected chi connectivity index (χ4v) is 1.45. The van der Waals surface area contributed by atoms with Gasteiger partial charge in [-0.05, 0) is 31.8 Å². The van der Waals surface area contributed by atoms with Gasteiger partial charge in [-0.15, -0.1) is 0 Å². The summed E-state index contributed by atoms with van der Waals surface area (Å²) < 4.78 is 36.2. The summed E-state index contributed by atoms with van der Waals surface area (Å²) in [7, 11) is 0. The Kier molecular flexibility index (Phi) is 2.95. The second kappa shape index (κ2) is 3.62. The second-order valence-electron chi connectivity index (χ2n) is 3.17. The van der Waals surface area contributed by atoms with Gasteiger partial charge in [-0.3, -0.25) is 0 Å². The molecule has 0 spiro atoms. The van der Waals surface area contributed by atoms with Gasteiger partial charge in [0.1, 0.15) is 6.04 Å². The molecule has 0 bridgehead atoms. The van der Waals surface area contributed by atoms with Crippen molar-refractivity contribution in [1.29, 1.82) is 0 Å². The lowest BCUT2D eigenvalue weighted by molar-refractivity contribution is -0.160. The minimum absolute atomic E-state index is 0.390. The third-order valence-electron chi connectivity index (χ3n) is 2.22. The lowest BCUT2D eigenvalue weighted by atomic mass is 9.92. The molecular formula is C7H13F3N2. The van der Waals surface area contributed by atoms with Crippen LogP contribution in [-0.4, -0.2) is 25.3 Å². The maximum Gasteiger partial charge on any atom is 0.403 e. The van der Waals surface area contributed by atoms with Crippen LogP contribution in [0.4, 0.5) is 13.2 Å². The molecule has 1 aliphatic heterocycles. The standard InChI is InChI=1S/C7H13F3N2/c8-7(9,10)6(11)5-2-1-3-12-4-5/h5-6,12H,1-4,11H2/t5-,6-/m1/s1. The van der Waals surface area contributed by atoms with Crippen LogP contribution in [0.15, 0.2) is 0 Å². The van der Waals surface area contributed by atoms with E-state index in [1.54, 1.807) is 0 Å². The molecule has 1 heterocycles. The highest BCUT2D eigenvalue weighted by Gasteiger charge is 2.41. The van der Waals surface area contributed by atoms with E-state index < -0.39 is 18.1 Å². The molecule has 0 aromatic rings. The highest BCUT2D eigenvalue weighted by molar-refractivity contribution is 4.83. The number of alkyl halides is 3. The van der Waals surface area contributed by atoms with E-state index >= 15 is 0 Å². The van der Waals surface area contributed by atoms with Crippen LogP contribution in [0.2, 0.25) is 0 Å². The van der Waals surface area contributed by atoms with Crippen LogP contribution in [0.5, 0.6) is 0 Å². The fraction of sp³-hybridized carbons (Fsp3) is 1.00. The molecule has 72 valence electrons. The molecule has 0 aliphatic carbocycles. The number of hydrogen-bond donors (Lipinski definition) is 2. The number of nitrogens with one attached hydrogen (secondary N) is 1. The summed E-state index contributed by atoms with van der Waals surface area (Å²) in [6.07, 6.45) is -2.88. The Morgan fingerprint density at radius 2 is 2.08 bits per heavy atom. The van der Waals surface area contributed by atoms with Crippen molar-refractivity contribution in [3.63, 3.8) is 0 Å². The molecule has 2 nitrogen and oxygen atoms in total. The van der Waals surface area contributed by atoms with Crippen LogP contribution in [0.1, 0.15) is 12.8 Å². The normalized spacial score (nSPS) is 28.5. The van der Waals surface area contributed by atoms with Gasteiger partial charge in [0, 0.05) is 0 Å². The second-order valence-corrected chi connectivity index (χ2v) is 3.17. The topological polar surface area (TPSA) is 38.0 Å². The van der Waals surface area contributed by atoms with Gasteiger partial charge in [0.05, 0.1) is 0 Å². The number of hydrogen-bond acceptors (Lipinski definition) is 2. The maximum absolute atomic E-state index is 12.1. The molecule has 3 N–H and O–H groups in total. The fourth-order valence-electron chi connectivity index (χ4n) is 1.45. The molecule has 12 heavy (non-hydrogen) atoms. The van der Waals surface area contributed by atoms with Crippen LogP contribution in [-0.2, 0) is 0 Å². The molecular weight excluding hydrogens is 169 g/mol. The van der Waals surface area contributed by atoms with Gasteiger partial charge in [0.25, 0.3) is 0 Å². The summed E-state index contributed by atoms with van der Waals surface area (Å²) in [6, 6.07) is -1.66. The van der Waals surface area contributed by atoms with Gasteiger partial charge in [0.15, 0.2) is 0 Å². The summed E-state index contributed by atoms with van der Waals surface area (Å²) in [6.45, 7) is 1.20. The van der Waals surface area contributed by atoms with Gasteiger partial charge in [-0.2, -0.15) is 13.2 Å². The van der Waals surface area contributed by atoms with Crippen LogP contribution < -0.4 is 11.1 Å². The van der Waals surface area contributed by atoms with Crippen molar-refractivity contribution in [2.45, 2.75) is 25.1 Å². The summed E-state index contributed by atoms with van der Waals surface area (Å²) in [5.74, 6) is -0.446. The molecule has 0 aromatic heterocycles. The molecule has 0 unspecified atom stereocenters. The first-order chi connectivity index (χ1) is 5.52. The Bertz CT molecular complexity index is 140. The summed E-state index contributed by atoms with van der Waals surface area (Å²) in [4.78, 5) is 0. The molecule has 0 saturated carbocycles. The van der Waals surface area contributed by atoms with Gasteiger partial charge in [-0.25, -0.2) is 0 Å². The van der Waals surface area contributed by atoms with Crippen LogP contribution in [0.25, 0.3) is 0 Å². The first-order valence-electron chi connectivity index (χ1n) is 4.05. The Morgan fingerprint density at radius 1 is 1.42 bits per heavy atom. The van der Waals surface area contributed by atoms with E-state index in [0.29, 0.717) is 13.0 Å². The van der Waals surface area contributed by atoms with Crippen molar-refractivity contribution < 1.29 is 13.2 Å². The monoisotopic (exact) mass is 182 g/mol. The Balaban J connectivity index is 2.45. The third kappa shape index (κ3) is 2.35. The van der Waals surface area contributed by atoms with E-state index in [4.69, 9.17) is 5.73 Å². The summed E-state index contributed by atoms with van der Waals surface area (Å²) in [5.41, 5.74) is 5.06. The van der Waals surface area contributed by atoms with Crippen molar-refractivity contribution in [1.82, 2.24) is 5.32 Å². The van der Waals surface area contributed by atoms with Crippen molar-refractivity contribution >= 4 is 0 Å². The number of nitrogens with two attached hydrogens (primary N) is 1. The summed E-state index contributed by atoms with van der Waals surface area (Å²) in [5, 5.41) is 2.91. The largest absolute Gasteiger partial charge is 0.403 e. The van der Waals surface area contributed by atoms with Crippen molar-refractivity contribution in [2.24, 2.45) is 11.7 Å². The zero-order valence-corrected chi connectivity index (χ0v) is 6.69. The van der Waals surface area contributed by atoms with Crippen LogP contribution >= 0.6 is 0 Å². The number of rotatable bonds is 1. The molecule has 0 aromatic carbocycles. The predicted molar refractivity (Wildman–Crippen MR) is 39.6 cm³/mol. The number of halogens is 3. The Labute approximate surface area is 69.3 Å². The zero-order chi connectivity index (χ0) is 9.19. The Morgan fingerprint density at radius 3 is 2.50 bits per heavy atom. The molecule has 5 heteroatoms. The highest BCUT2D eigenvalue weighted by Crippen LogP contribution is 2.27. The molecule has 1 saturated heterocycles. The first kappa shape index (κ1) is 9.80. The average molecular weight is 182 g/mol. The predicted octanol–water partition coefficient (Wildman–Crippen LogP) is 0.876. The van der Waals surface area contributed by atoms with Crippen molar-refractivity contribution in [3.8, 4) is 0 Å². The molecule has 0 radical (unpaired) electrons. The highest BCUT2D eigenvalue weighted by atomic mass is 19.4. The van der Waals surface area contributed by atoms with E-state index in [1.807, 2.05) is 0 Å². The SMILES string of the molecule is N[C@H]([C@@H]1CCCNC1)C(F)(F)F. The quantitative estimate of drug-likeness (QED) is 0.631. The van der Waals surface area contributed by atoms with Crippen molar-refractivity contribution in [3.05, 3.63) is 0 Å². The minimum Gasteiger partial charge on any atom is -0.320 e. The Hall–Kier alpha value is -0.290.